The van der Waals surface area contributed by atoms with E-state index in [4.69, 9.17) is 27.9 Å². The average Bonchev–Trinajstić information content (AvgIpc) is 3.25. The molecule has 4 nitrogen and oxygen atoms in total. The molecule has 148 valence electrons. The fourth-order valence-corrected chi connectivity index (χ4v) is 3.80. The molecule has 0 unspecified atom stereocenters. The first kappa shape index (κ1) is 21.1. The van der Waals surface area contributed by atoms with Gasteiger partial charge >= 0.3 is 5.97 Å². The molecule has 0 bridgehead atoms. The van der Waals surface area contributed by atoms with Crippen LogP contribution in [-0.4, -0.2) is 11.8 Å². The van der Waals surface area contributed by atoms with Gasteiger partial charge in [-0.25, -0.2) is 0 Å². The third-order valence-corrected chi connectivity index (χ3v) is 5.56. The molecule has 3 rings (SSSR count). The number of ether oxygens (including phenoxy) is 1. The molecule has 0 aliphatic heterocycles. The summed E-state index contributed by atoms with van der Waals surface area (Å²) in [7, 11) is 0. The Balaban J connectivity index is 1.78. The van der Waals surface area contributed by atoms with E-state index >= 15 is 0 Å². The number of benzene rings is 2. The summed E-state index contributed by atoms with van der Waals surface area (Å²) in [6, 6.07) is 17.4. The van der Waals surface area contributed by atoms with Gasteiger partial charge in [0.05, 0.1) is 5.92 Å². The highest BCUT2D eigenvalue weighted by Crippen LogP contribution is 2.60. The number of rotatable bonds is 6. The van der Waals surface area contributed by atoms with Crippen molar-refractivity contribution in [1.82, 2.24) is 0 Å². The average molecular weight is 428 g/mol. The molecule has 0 amide bonds. The Hall–Kier alpha value is -2.61. The highest BCUT2D eigenvalue weighted by atomic mass is 35.5. The van der Waals surface area contributed by atoms with E-state index in [9.17, 15) is 14.9 Å². The standard InChI is InChI=1S/C23H19Cl2NO3/c1-23(2)17(12-19(24)25)20(23)22(28)29-18(13-26)15-9-6-10-16(11-15)21(27)14-7-4-3-5-8-14/h3-12,17-18,20H,1-2H3/t17-,18-,20-/m0/s1. The molecule has 1 fully saturated rings. The van der Waals surface area contributed by atoms with Crippen LogP contribution in [0.2, 0.25) is 0 Å². The molecule has 29 heavy (non-hydrogen) atoms. The minimum absolute atomic E-state index is 0.0994. The van der Waals surface area contributed by atoms with Crippen molar-refractivity contribution in [2.45, 2.75) is 20.0 Å². The summed E-state index contributed by atoms with van der Waals surface area (Å²) in [5.74, 6) is -1.23. The predicted molar refractivity (Wildman–Crippen MR) is 111 cm³/mol. The molecule has 2 aromatic carbocycles. The molecular weight excluding hydrogens is 409 g/mol. The van der Waals surface area contributed by atoms with Gasteiger partial charge in [0.15, 0.2) is 5.78 Å². The van der Waals surface area contributed by atoms with Crippen molar-refractivity contribution < 1.29 is 14.3 Å². The molecule has 6 heteroatoms. The van der Waals surface area contributed by atoms with Crippen molar-refractivity contribution in [3.05, 3.63) is 81.9 Å². The first-order valence-electron chi connectivity index (χ1n) is 9.08. The van der Waals surface area contributed by atoms with Crippen molar-refractivity contribution in [3.63, 3.8) is 0 Å². The number of hydrogen-bond acceptors (Lipinski definition) is 4. The molecule has 0 saturated heterocycles. The zero-order chi connectivity index (χ0) is 21.2. The summed E-state index contributed by atoms with van der Waals surface area (Å²) >= 11 is 11.5. The third kappa shape index (κ3) is 4.53. The van der Waals surface area contributed by atoms with Crippen molar-refractivity contribution in [2.75, 3.05) is 0 Å². The van der Waals surface area contributed by atoms with E-state index < -0.39 is 18.0 Å². The number of nitrogens with zero attached hydrogens (tertiary/aromatic N) is 1. The minimum Gasteiger partial charge on any atom is -0.442 e. The van der Waals surface area contributed by atoms with Gasteiger partial charge in [-0.2, -0.15) is 5.26 Å². The van der Waals surface area contributed by atoms with Gasteiger partial charge in [-0.1, -0.05) is 85.6 Å². The lowest BCUT2D eigenvalue weighted by Gasteiger charge is -2.13. The van der Waals surface area contributed by atoms with Crippen LogP contribution in [0.1, 0.15) is 41.4 Å². The Morgan fingerprint density at radius 3 is 2.38 bits per heavy atom. The number of esters is 1. The maximum atomic E-state index is 12.7. The molecular formula is C23H19Cl2NO3. The van der Waals surface area contributed by atoms with E-state index in [1.165, 1.54) is 0 Å². The zero-order valence-electron chi connectivity index (χ0n) is 15.9. The van der Waals surface area contributed by atoms with E-state index in [0.29, 0.717) is 16.7 Å². The van der Waals surface area contributed by atoms with Crippen LogP contribution in [0.5, 0.6) is 0 Å². The predicted octanol–water partition coefficient (Wildman–Crippen LogP) is 5.62. The number of allylic oxidation sites excluding steroid dienone is 1. The zero-order valence-corrected chi connectivity index (χ0v) is 17.4. The summed E-state index contributed by atoms with van der Waals surface area (Å²) < 4.78 is 5.57. The maximum absolute atomic E-state index is 12.7. The van der Waals surface area contributed by atoms with Crippen LogP contribution in [0.3, 0.4) is 0 Å². The number of ketones is 1. The molecule has 0 spiro atoms. The van der Waals surface area contributed by atoms with Crippen LogP contribution in [0.4, 0.5) is 0 Å². The van der Waals surface area contributed by atoms with Gasteiger partial charge in [-0.3, -0.25) is 9.59 Å². The lowest BCUT2D eigenvalue weighted by atomic mass is 9.99. The number of carbonyl (C=O) groups excluding carboxylic acids is 2. The van der Waals surface area contributed by atoms with Gasteiger partial charge < -0.3 is 4.74 Å². The van der Waals surface area contributed by atoms with Gasteiger partial charge in [0.25, 0.3) is 0 Å². The summed E-state index contributed by atoms with van der Waals surface area (Å²) in [5, 5.41) is 9.55. The smallest absolute Gasteiger partial charge is 0.311 e. The Bertz CT molecular complexity index is 1000. The molecule has 1 saturated carbocycles. The van der Waals surface area contributed by atoms with E-state index in [-0.39, 0.29) is 21.6 Å². The molecule has 0 heterocycles. The normalized spacial score (nSPS) is 20.1. The molecule has 0 aromatic heterocycles. The summed E-state index contributed by atoms with van der Waals surface area (Å²) in [4.78, 5) is 25.3. The van der Waals surface area contributed by atoms with Gasteiger partial charge in [0, 0.05) is 16.7 Å². The fraction of sp³-hybridized carbons (Fsp3) is 0.261. The fourth-order valence-electron chi connectivity index (χ4n) is 3.53. The number of halogens is 2. The Kier molecular flexibility index (Phi) is 6.12. The summed E-state index contributed by atoms with van der Waals surface area (Å²) in [5.41, 5.74) is 1.06. The van der Waals surface area contributed by atoms with Crippen molar-refractivity contribution in [2.24, 2.45) is 17.3 Å². The highest BCUT2D eigenvalue weighted by molar-refractivity contribution is 6.55. The SMILES string of the molecule is CC1(C)[C@H](C(=O)O[C@@H](C#N)c2cccc(C(=O)c3ccccc3)c2)[C@@H]1C=C(Cl)Cl. The second-order valence-electron chi connectivity index (χ2n) is 7.55. The van der Waals surface area contributed by atoms with Crippen LogP contribution in [-0.2, 0) is 9.53 Å². The molecule has 0 N–H and O–H groups in total. The van der Waals surface area contributed by atoms with E-state index in [1.54, 1.807) is 54.6 Å². The van der Waals surface area contributed by atoms with Crippen LogP contribution in [0.25, 0.3) is 0 Å². The molecule has 0 radical (unpaired) electrons. The van der Waals surface area contributed by atoms with Gasteiger partial charge in [-0.15, -0.1) is 0 Å². The molecule has 3 atom stereocenters. The molecule has 2 aromatic rings. The first-order chi connectivity index (χ1) is 13.8. The van der Waals surface area contributed by atoms with Crippen LogP contribution in [0.15, 0.2) is 65.2 Å². The lowest BCUT2D eigenvalue weighted by molar-refractivity contribution is -0.149. The number of nitriles is 1. The largest absolute Gasteiger partial charge is 0.442 e. The number of carbonyl (C=O) groups is 2. The first-order valence-corrected chi connectivity index (χ1v) is 9.84. The third-order valence-electron chi connectivity index (χ3n) is 5.31. The molecule has 1 aliphatic carbocycles. The van der Waals surface area contributed by atoms with Crippen molar-refractivity contribution in [3.8, 4) is 6.07 Å². The number of hydrogen-bond donors (Lipinski definition) is 0. The Morgan fingerprint density at radius 2 is 1.76 bits per heavy atom. The van der Waals surface area contributed by atoms with Crippen LogP contribution < -0.4 is 0 Å². The van der Waals surface area contributed by atoms with Crippen molar-refractivity contribution >= 4 is 35.0 Å². The topological polar surface area (TPSA) is 67.2 Å². The quantitative estimate of drug-likeness (QED) is 0.443. The summed E-state index contributed by atoms with van der Waals surface area (Å²) in [6.45, 7) is 3.83. The monoisotopic (exact) mass is 427 g/mol. The van der Waals surface area contributed by atoms with Crippen LogP contribution in [0, 0.1) is 28.6 Å². The second kappa shape index (κ2) is 8.41. The van der Waals surface area contributed by atoms with Gasteiger partial charge in [-0.05, 0) is 23.5 Å². The van der Waals surface area contributed by atoms with E-state index in [2.05, 4.69) is 0 Å². The van der Waals surface area contributed by atoms with E-state index in [0.717, 1.165) is 0 Å². The van der Waals surface area contributed by atoms with Gasteiger partial charge in [0.1, 0.15) is 10.6 Å². The van der Waals surface area contributed by atoms with Gasteiger partial charge in [0.2, 0.25) is 6.10 Å². The molecule has 1 aliphatic rings. The Labute approximate surface area is 179 Å². The lowest BCUT2D eigenvalue weighted by Crippen LogP contribution is -2.15. The minimum atomic E-state index is -1.11. The second-order valence-corrected chi connectivity index (χ2v) is 8.56. The highest BCUT2D eigenvalue weighted by Gasteiger charge is 2.62. The Morgan fingerprint density at radius 1 is 1.10 bits per heavy atom. The summed E-state index contributed by atoms with van der Waals surface area (Å²) in [6.07, 6.45) is 0.508. The van der Waals surface area contributed by atoms with Crippen LogP contribution >= 0.6 is 23.2 Å². The van der Waals surface area contributed by atoms with E-state index in [1.807, 2.05) is 26.0 Å². The maximum Gasteiger partial charge on any atom is 0.311 e. The van der Waals surface area contributed by atoms with Crippen molar-refractivity contribution in [1.29, 1.82) is 5.26 Å².